The lowest BCUT2D eigenvalue weighted by molar-refractivity contribution is -0.128. The molecule has 1 rings (SSSR count). The Morgan fingerprint density at radius 3 is 2.27 bits per heavy atom. The quantitative estimate of drug-likeness (QED) is 0.566. The lowest BCUT2D eigenvalue weighted by Crippen LogP contribution is -2.26. The number of ketones is 1. The molecule has 0 unspecified atom stereocenters. The molecule has 15 heavy (non-hydrogen) atoms. The Hall–Kier alpha value is -0.330. The summed E-state index contributed by atoms with van der Waals surface area (Å²) in [6, 6.07) is 0. The fourth-order valence-corrected chi connectivity index (χ4v) is 2.86. The van der Waals surface area contributed by atoms with Crippen molar-refractivity contribution in [1.82, 2.24) is 0 Å². The van der Waals surface area contributed by atoms with E-state index >= 15 is 0 Å². The van der Waals surface area contributed by atoms with Gasteiger partial charge >= 0.3 is 0 Å². The minimum absolute atomic E-state index is 0.103. The van der Waals surface area contributed by atoms with Gasteiger partial charge in [0.25, 0.3) is 0 Å². The summed E-state index contributed by atoms with van der Waals surface area (Å²) in [4.78, 5) is 12.2. The van der Waals surface area contributed by atoms with E-state index in [1.54, 1.807) is 0 Å². The van der Waals surface area contributed by atoms with Crippen molar-refractivity contribution in [3.63, 3.8) is 0 Å². The molecule has 0 aromatic rings. The van der Waals surface area contributed by atoms with E-state index in [9.17, 15) is 4.79 Å². The van der Waals surface area contributed by atoms with Crippen molar-refractivity contribution in [1.29, 1.82) is 0 Å². The Labute approximate surface area is 94.6 Å². The van der Waals surface area contributed by atoms with Crippen LogP contribution >= 0.6 is 0 Å². The maximum absolute atomic E-state index is 12.2. The van der Waals surface area contributed by atoms with Crippen LogP contribution in [0.3, 0.4) is 0 Å². The topological polar surface area (TPSA) is 17.1 Å². The maximum Gasteiger partial charge on any atom is 0.139 e. The first kappa shape index (κ1) is 12.7. The number of carbonyl (C=O) groups excluding carboxylic acids is 1. The highest BCUT2D eigenvalue weighted by Gasteiger charge is 2.37. The molecule has 0 heterocycles. The predicted molar refractivity (Wildman–Crippen MR) is 65.0 cm³/mol. The summed E-state index contributed by atoms with van der Waals surface area (Å²) in [6.45, 7) is 4.40. The molecule has 0 spiro atoms. The van der Waals surface area contributed by atoms with E-state index < -0.39 is 0 Å². The summed E-state index contributed by atoms with van der Waals surface area (Å²) in [6.07, 6.45) is 11.7. The number of carbonyl (C=O) groups is 1. The van der Waals surface area contributed by atoms with Crippen LogP contribution in [0.1, 0.15) is 78.1 Å². The van der Waals surface area contributed by atoms with E-state index in [-0.39, 0.29) is 5.41 Å². The van der Waals surface area contributed by atoms with Crippen LogP contribution in [-0.2, 0) is 4.79 Å². The number of hydrogen-bond donors (Lipinski definition) is 0. The first-order valence-corrected chi connectivity index (χ1v) is 6.78. The van der Waals surface area contributed by atoms with Crippen LogP contribution in [-0.4, -0.2) is 5.78 Å². The second-order valence-corrected chi connectivity index (χ2v) is 5.07. The van der Waals surface area contributed by atoms with Crippen LogP contribution in [0.25, 0.3) is 0 Å². The second kappa shape index (κ2) is 6.30. The van der Waals surface area contributed by atoms with Gasteiger partial charge in [-0.3, -0.25) is 4.79 Å². The molecule has 1 aliphatic carbocycles. The van der Waals surface area contributed by atoms with Gasteiger partial charge in [-0.05, 0) is 25.7 Å². The van der Waals surface area contributed by atoms with E-state index in [4.69, 9.17) is 0 Å². The molecule has 0 atom stereocenters. The molecule has 0 aromatic carbocycles. The summed E-state index contributed by atoms with van der Waals surface area (Å²) in [5, 5.41) is 0. The highest BCUT2D eigenvalue weighted by molar-refractivity contribution is 5.85. The predicted octanol–water partition coefficient (Wildman–Crippen LogP) is 4.50. The Bertz CT molecular complexity index is 190. The summed E-state index contributed by atoms with van der Waals surface area (Å²) in [5.41, 5.74) is 0.103. The van der Waals surface area contributed by atoms with Crippen molar-refractivity contribution < 1.29 is 4.79 Å². The van der Waals surface area contributed by atoms with Gasteiger partial charge < -0.3 is 0 Å². The van der Waals surface area contributed by atoms with E-state index in [1.165, 1.54) is 32.1 Å². The molecule has 0 amide bonds. The van der Waals surface area contributed by atoms with Gasteiger partial charge in [0.15, 0.2) is 0 Å². The summed E-state index contributed by atoms with van der Waals surface area (Å²) in [5.74, 6) is 0.568. The highest BCUT2D eigenvalue weighted by Crippen LogP contribution is 2.42. The van der Waals surface area contributed by atoms with Gasteiger partial charge in [0, 0.05) is 11.8 Å². The monoisotopic (exact) mass is 210 g/mol. The van der Waals surface area contributed by atoms with E-state index in [0.29, 0.717) is 5.78 Å². The van der Waals surface area contributed by atoms with Gasteiger partial charge in [0.05, 0.1) is 0 Å². The fourth-order valence-electron chi connectivity index (χ4n) is 2.86. The van der Waals surface area contributed by atoms with Crippen LogP contribution < -0.4 is 0 Å². The molecule has 0 bridgehead atoms. The van der Waals surface area contributed by atoms with Crippen LogP contribution in [0.4, 0.5) is 0 Å². The Morgan fingerprint density at radius 2 is 1.73 bits per heavy atom. The smallest absolute Gasteiger partial charge is 0.139 e. The summed E-state index contributed by atoms with van der Waals surface area (Å²) >= 11 is 0. The first-order valence-electron chi connectivity index (χ1n) is 6.78. The zero-order valence-electron chi connectivity index (χ0n) is 10.5. The van der Waals surface area contributed by atoms with Crippen molar-refractivity contribution in [2.24, 2.45) is 5.41 Å². The van der Waals surface area contributed by atoms with Crippen molar-refractivity contribution in [3.8, 4) is 0 Å². The number of Topliss-reactive ketones (excluding diaryl/α,β-unsaturated/α-hetero) is 1. The summed E-state index contributed by atoms with van der Waals surface area (Å²) in [7, 11) is 0. The van der Waals surface area contributed by atoms with Crippen molar-refractivity contribution in [2.45, 2.75) is 78.1 Å². The molecule has 1 aliphatic rings. The Morgan fingerprint density at radius 1 is 1.07 bits per heavy atom. The molecule has 0 saturated heterocycles. The molecular weight excluding hydrogens is 184 g/mol. The summed E-state index contributed by atoms with van der Waals surface area (Å²) < 4.78 is 0. The van der Waals surface area contributed by atoms with Crippen LogP contribution in [0.15, 0.2) is 0 Å². The van der Waals surface area contributed by atoms with Crippen molar-refractivity contribution in [2.75, 3.05) is 0 Å². The first-order chi connectivity index (χ1) is 7.25. The molecule has 1 saturated carbocycles. The minimum atomic E-state index is 0.103. The second-order valence-electron chi connectivity index (χ2n) is 5.07. The molecule has 0 radical (unpaired) electrons. The lowest BCUT2D eigenvalue weighted by atomic mass is 9.77. The van der Waals surface area contributed by atoms with E-state index in [1.807, 2.05) is 0 Å². The van der Waals surface area contributed by atoms with Gasteiger partial charge in [-0.25, -0.2) is 0 Å². The van der Waals surface area contributed by atoms with Crippen LogP contribution in [0.2, 0.25) is 0 Å². The highest BCUT2D eigenvalue weighted by atomic mass is 16.1. The van der Waals surface area contributed by atoms with Gasteiger partial charge in [-0.1, -0.05) is 46.0 Å². The molecule has 0 N–H and O–H groups in total. The average Bonchev–Trinajstić information content (AvgIpc) is 2.74. The molecule has 0 aliphatic heterocycles. The fraction of sp³-hybridized carbons (Fsp3) is 0.929. The van der Waals surface area contributed by atoms with Crippen molar-refractivity contribution in [3.05, 3.63) is 0 Å². The maximum atomic E-state index is 12.2. The minimum Gasteiger partial charge on any atom is -0.299 e. The SMILES string of the molecule is CCCCCCC(=O)C1(CC)CCCC1. The lowest BCUT2D eigenvalue weighted by Gasteiger charge is -2.25. The van der Waals surface area contributed by atoms with Crippen LogP contribution in [0, 0.1) is 5.41 Å². The van der Waals surface area contributed by atoms with E-state index in [2.05, 4.69) is 13.8 Å². The van der Waals surface area contributed by atoms with E-state index in [0.717, 1.165) is 32.1 Å². The van der Waals surface area contributed by atoms with Gasteiger partial charge in [0.1, 0.15) is 5.78 Å². The standard InChI is InChI=1S/C14H26O/c1-3-5-6-7-10-13(15)14(4-2)11-8-9-12-14/h3-12H2,1-2H3. The third-order valence-corrected chi connectivity index (χ3v) is 4.09. The number of rotatable bonds is 7. The van der Waals surface area contributed by atoms with Gasteiger partial charge in [-0.2, -0.15) is 0 Å². The van der Waals surface area contributed by atoms with Gasteiger partial charge in [0.2, 0.25) is 0 Å². The van der Waals surface area contributed by atoms with Crippen molar-refractivity contribution >= 4 is 5.78 Å². The largest absolute Gasteiger partial charge is 0.299 e. The normalized spacial score (nSPS) is 19.3. The molecule has 1 fully saturated rings. The average molecular weight is 210 g/mol. The molecular formula is C14H26O. The Kier molecular flexibility index (Phi) is 5.35. The van der Waals surface area contributed by atoms with Gasteiger partial charge in [-0.15, -0.1) is 0 Å². The molecule has 0 aromatic heterocycles. The zero-order valence-corrected chi connectivity index (χ0v) is 10.5. The zero-order chi connectivity index (χ0) is 11.1. The molecule has 1 heteroatoms. The Balaban J connectivity index is 2.31. The third kappa shape index (κ3) is 3.32. The van der Waals surface area contributed by atoms with Crippen LogP contribution in [0.5, 0.6) is 0 Å². The third-order valence-electron chi connectivity index (χ3n) is 4.09. The number of hydrogen-bond acceptors (Lipinski definition) is 1. The molecule has 88 valence electrons. The molecule has 1 nitrogen and oxygen atoms in total. The number of unbranched alkanes of at least 4 members (excludes halogenated alkanes) is 3.